The zero-order chi connectivity index (χ0) is 25.4. The van der Waals surface area contributed by atoms with Crippen LogP contribution in [0.2, 0.25) is 0 Å². The van der Waals surface area contributed by atoms with Gasteiger partial charge in [0, 0.05) is 40.1 Å². The van der Waals surface area contributed by atoms with Gasteiger partial charge in [0.05, 0.1) is 0 Å². The summed E-state index contributed by atoms with van der Waals surface area (Å²) in [6, 6.07) is 45.2. The van der Waals surface area contributed by atoms with Crippen molar-refractivity contribution < 1.29 is 0 Å². The van der Waals surface area contributed by atoms with Crippen LogP contribution in [0.1, 0.15) is 25.0 Å². The second kappa shape index (κ2) is 9.15. The first-order valence-electron chi connectivity index (χ1n) is 12.7. The van der Waals surface area contributed by atoms with Crippen molar-refractivity contribution in [1.82, 2.24) is 0 Å². The maximum Gasteiger partial charge on any atom is 0.0463 e. The highest BCUT2D eigenvalue weighted by molar-refractivity contribution is 5.85. The van der Waals surface area contributed by atoms with Crippen LogP contribution in [-0.2, 0) is 5.41 Å². The van der Waals surface area contributed by atoms with Crippen LogP contribution in [-0.4, -0.2) is 0 Å². The van der Waals surface area contributed by atoms with Crippen LogP contribution in [0.25, 0.3) is 11.1 Å². The molecule has 0 heterocycles. The van der Waals surface area contributed by atoms with Crippen molar-refractivity contribution in [3.05, 3.63) is 151 Å². The first kappa shape index (κ1) is 22.9. The molecule has 2 heteroatoms. The molecule has 0 aliphatic heterocycles. The summed E-state index contributed by atoms with van der Waals surface area (Å²) in [5.41, 5.74) is 10.9. The molecule has 37 heavy (non-hydrogen) atoms. The van der Waals surface area contributed by atoms with Crippen LogP contribution in [0, 0.1) is 0 Å². The highest BCUT2D eigenvalue weighted by Gasteiger charge is 2.35. The molecule has 5 aromatic rings. The Morgan fingerprint density at radius 2 is 1.00 bits per heavy atom. The number of nitrogens with zero attached hydrogens (tertiary/aromatic N) is 2. The van der Waals surface area contributed by atoms with Gasteiger partial charge in [0.2, 0.25) is 0 Å². The van der Waals surface area contributed by atoms with E-state index in [0.29, 0.717) is 0 Å². The summed E-state index contributed by atoms with van der Waals surface area (Å²) in [6.07, 6.45) is 1.90. The second-order valence-electron chi connectivity index (χ2n) is 9.98. The fourth-order valence-electron chi connectivity index (χ4n) is 5.58. The highest BCUT2D eigenvalue weighted by Crippen LogP contribution is 2.50. The Labute approximate surface area is 219 Å². The van der Waals surface area contributed by atoms with Crippen molar-refractivity contribution in [2.45, 2.75) is 19.3 Å². The molecule has 5 aromatic carbocycles. The molecule has 1 aliphatic carbocycles. The zero-order valence-electron chi connectivity index (χ0n) is 21.3. The van der Waals surface area contributed by atoms with Crippen LogP contribution in [0.4, 0.5) is 28.4 Å². The normalized spacial score (nSPS) is 12.9. The van der Waals surface area contributed by atoms with Gasteiger partial charge in [-0.05, 0) is 82.9 Å². The largest absolute Gasteiger partial charge is 0.318 e. The summed E-state index contributed by atoms with van der Waals surface area (Å²) in [6.45, 7) is 8.77. The molecule has 1 aliphatic rings. The van der Waals surface area contributed by atoms with Crippen molar-refractivity contribution in [2.75, 3.05) is 9.80 Å². The highest BCUT2D eigenvalue weighted by atomic mass is 15.1. The molecule has 0 fully saturated rings. The van der Waals surface area contributed by atoms with Gasteiger partial charge in [-0.25, -0.2) is 0 Å². The van der Waals surface area contributed by atoms with Gasteiger partial charge in [-0.1, -0.05) is 87.2 Å². The van der Waals surface area contributed by atoms with Gasteiger partial charge in [0.25, 0.3) is 0 Å². The van der Waals surface area contributed by atoms with E-state index in [1.165, 1.54) is 22.3 Å². The predicted octanol–water partition coefficient (Wildman–Crippen LogP) is 9.74. The third-order valence-corrected chi connectivity index (χ3v) is 7.44. The quantitative estimate of drug-likeness (QED) is 0.240. The Morgan fingerprint density at radius 1 is 0.514 bits per heavy atom. The maximum absolute atomic E-state index is 4.15. The van der Waals surface area contributed by atoms with E-state index in [0.717, 1.165) is 28.4 Å². The number of para-hydroxylation sites is 2. The molecule has 0 atom stereocenters. The van der Waals surface area contributed by atoms with E-state index in [-0.39, 0.29) is 5.41 Å². The SMILES string of the molecule is C=CN(c1ccc(N(c2ccccc2)c2ccccc2)cc1)c1ccc2c(c1)-c1ccccc1C2(C)C. The smallest absolute Gasteiger partial charge is 0.0463 e. The van der Waals surface area contributed by atoms with Gasteiger partial charge in [-0.15, -0.1) is 0 Å². The topological polar surface area (TPSA) is 6.48 Å². The Bertz CT molecular complexity index is 1510. The standard InChI is InChI=1S/C35H30N2/c1-4-36(30-23-24-34-32(25-30)31-17-11-12-18-33(31)35(34,2)3)26-19-21-29(22-20-26)37(27-13-7-5-8-14-27)28-15-9-6-10-16-28/h4-25H,1H2,2-3H3. The van der Waals surface area contributed by atoms with E-state index in [1.807, 2.05) is 18.3 Å². The first-order chi connectivity index (χ1) is 18.1. The number of anilines is 5. The van der Waals surface area contributed by atoms with Gasteiger partial charge < -0.3 is 9.80 Å². The number of benzene rings is 5. The molecular formula is C35H30N2. The van der Waals surface area contributed by atoms with Crippen LogP contribution < -0.4 is 9.80 Å². The summed E-state index contributed by atoms with van der Waals surface area (Å²) in [4.78, 5) is 4.43. The summed E-state index contributed by atoms with van der Waals surface area (Å²) in [5.74, 6) is 0. The van der Waals surface area contributed by atoms with Crippen molar-refractivity contribution >= 4 is 28.4 Å². The minimum Gasteiger partial charge on any atom is -0.318 e. The lowest BCUT2D eigenvalue weighted by Crippen LogP contribution is -2.15. The molecule has 0 saturated carbocycles. The third-order valence-electron chi connectivity index (χ3n) is 7.44. The fraction of sp³-hybridized carbons (Fsp3) is 0.0857. The van der Waals surface area contributed by atoms with Gasteiger partial charge in [-0.3, -0.25) is 0 Å². The first-order valence-corrected chi connectivity index (χ1v) is 12.7. The van der Waals surface area contributed by atoms with Crippen molar-refractivity contribution in [2.24, 2.45) is 0 Å². The minimum atomic E-state index is 0.00342. The van der Waals surface area contributed by atoms with Gasteiger partial charge in [0.15, 0.2) is 0 Å². The van der Waals surface area contributed by atoms with Gasteiger partial charge in [0.1, 0.15) is 0 Å². The van der Waals surface area contributed by atoms with Crippen molar-refractivity contribution in [3.63, 3.8) is 0 Å². The molecule has 0 unspecified atom stereocenters. The van der Waals surface area contributed by atoms with E-state index in [2.05, 4.69) is 145 Å². The van der Waals surface area contributed by atoms with Crippen LogP contribution in [0.5, 0.6) is 0 Å². The molecule has 0 amide bonds. The second-order valence-corrected chi connectivity index (χ2v) is 9.98. The molecule has 2 nitrogen and oxygen atoms in total. The number of rotatable bonds is 6. The molecule has 0 saturated heterocycles. The molecule has 0 aromatic heterocycles. The minimum absolute atomic E-state index is 0.00342. The average Bonchev–Trinajstić information content (AvgIpc) is 3.18. The Hall–Kier alpha value is -4.56. The van der Waals surface area contributed by atoms with E-state index in [4.69, 9.17) is 0 Å². The van der Waals surface area contributed by atoms with Crippen molar-refractivity contribution in [3.8, 4) is 11.1 Å². The molecule has 0 radical (unpaired) electrons. The summed E-state index contributed by atoms with van der Waals surface area (Å²) in [7, 11) is 0. The van der Waals surface area contributed by atoms with E-state index < -0.39 is 0 Å². The molecule has 0 N–H and O–H groups in total. The lowest BCUT2D eigenvalue weighted by Gasteiger charge is -2.27. The van der Waals surface area contributed by atoms with E-state index in [9.17, 15) is 0 Å². The number of fused-ring (bicyclic) bond motifs is 3. The molecule has 0 spiro atoms. The van der Waals surface area contributed by atoms with Crippen molar-refractivity contribution in [1.29, 1.82) is 0 Å². The molecule has 180 valence electrons. The van der Waals surface area contributed by atoms with Gasteiger partial charge in [-0.2, -0.15) is 0 Å². The van der Waals surface area contributed by atoms with Crippen LogP contribution in [0.3, 0.4) is 0 Å². The van der Waals surface area contributed by atoms with E-state index in [1.54, 1.807) is 0 Å². The summed E-state index contributed by atoms with van der Waals surface area (Å²) >= 11 is 0. The monoisotopic (exact) mass is 478 g/mol. The maximum atomic E-state index is 4.15. The number of hydrogen-bond acceptors (Lipinski definition) is 2. The Kier molecular flexibility index (Phi) is 5.65. The van der Waals surface area contributed by atoms with Crippen LogP contribution in [0.15, 0.2) is 140 Å². The Morgan fingerprint density at radius 3 is 1.62 bits per heavy atom. The molecule has 6 rings (SSSR count). The molecular weight excluding hydrogens is 448 g/mol. The Balaban J connectivity index is 1.37. The van der Waals surface area contributed by atoms with E-state index >= 15 is 0 Å². The summed E-state index contributed by atoms with van der Waals surface area (Å²) in [5, 5.41) is 0. The molecule has 0 bridgehead atoms. The average molecular weight is 479 g/mol. The fourth-order valence-corrected chi connectivity index (χ4v) is 5.58. The third kappa shape index (κ3) is 3.91. The summed E-state index contributed by atoms with van der Waals surface area (Å²) < 4.78 is 0. The lowest BCUT2D eigenvalue weighted by atomic mass is 9.82. The lowest BCUT2D eigenvalue weighted by molar-refractivity contribution is 0.660. The predicted molar refractivity (Wildman–Crippen MR) is 157 cm³/mol. The van der Waals surface area contributed by atoms with Crippen LogP contribution >= 0.6 is 0 Å². The van der Waals surface area contributed by atoms with Gasteiger partial charge >= 0.3 is 0 Å². The zero-order valence-corrected chi connectivity index (χ0v) is 21.3. The number of hydrogen-bond donors (Lipinski definition) is 0.